The number of methoxy groups -OCH3 is 1. The third kappa shape index (κ3) is 2.91. The van der Waals surface area contributed by atoms with Crippen LogP contribution in [0.4, 0.5) is 0 Å². The van der Waals surface area contributed by atoms with Crippen LogP contribution in [0.2, 0.25) is 0 Å². The number of likely N-dealkylation sites (tertiary alicyclic amines) is 1. The quantitative estimate of drug-likeness (QED) is 0.727. The number of hydrogen-bond donors (Lipinski definition) is 0. The Morgan fingerprint density at radius 3 is 3.04 bits per heavy atom. The largest absolute Gasteiger partial charge is 0.449 e. The third-order valence-electron chi connectivity index (χ3n) is 4.76. The second kappa shape index (κ2) is 6.33. The number of fused-ring (bicyclic) bond motifs is 1. The van der Waals surface area contributed by atoms with Crippen LogP contribution in [0.1, 0.15) is 22.0 Å². The van der Waals surface area contributed by atoms with Crippen LogP contribution in [0.25, 0.3) is 11.1 Å². The Bertz CT molecular complexity index is 868. The van der Waals surface area contributed by atoms with Gasteiger partial charge in [-0.3, -0.25) is 14.5 Å². The van der Waals surface area contributed by atoms with E-state index in [0.29, 0.717) is 36.6 Å². The monoisotopic (exact) mass is 340 g/mol. The van der Waals surface area contributed by atoms with E-state index >= 15 is 0 Å². The number of ether oxygens (including phenoxy) is 1. The number of nitrogens with zero attached hydrogens (tertiary/aromatic N) is 4. The van der Waals surface area contributed by atoms with Crippen LogP contribution in [-0.4, -0.2) is 52.4 Å². The maximum Gasteiger partial charge on any atom is 0.289 e. The fourth-order valence-corrected chi connectivity index (χ4v) is 3.56. The van der Waals surface area contributed by atoms with Crippen LogP contribution < -0.4 is 0 Å². The zero-order chi connectivity index (χ0) is 17.4. The zero-order valence-electron chi connectivity index (χ0n) is 14.3. The third-order valence-corrected chi connectivity index (χ3v) is 4.76. The van der Waals surface area contributed by atoms with E-state index in [2.05, 4.69) is 10.1 Å². The minimum absolute atomic E-state index is 0.106. The van der Waals surface area contributed by atoms with E-state index < -0.39 is 0 Å². The molecule has 7 nitrogen and oxygen atoms in total. The number of rotatable bonds is 4. The molecule has 0 spiro atoms. The lowest BCUT2D eigenvalue weighted by atomic mass is 9.92. The summed E-state index contributed by atoms with van der Waals surface area (Å²) < 4.78 is 12.8. The van der Waals surface area contributed by atoms with Gasteiger partial charge in [0.1, 0.15) is 5.52 Å². The van der Waals surface area contributed by atoms with Gasteiger partial charge < -0.3 is 14.1 Å². The van der Waals surface area contributed by atoms with Crippen molar-refractivity contribution < 1.29 is 13.9 Å². The normalized spacial score (nSPS) is 20.5. The lowest BCUT2D eigenvalue weighted by molar-refractivity contribution is 0.0746. The number of pyridine rings is 1. The molecule has 3 aromatic heterocycles. The molecule has 0 aromatic carbocycles. The lowest BCUT2D eigenvalue weighted by Crippen LogP contribution is -2.29. The van der Waals surface area contributed by atoms with E-state index in [1.54, 1.807) is 30.1 Å². The molecular weight excluding hydrogens is 320 g/mol. The summed E-state index contributed by atoms with van der Waals surface area (Å²) in [6, 6.07) is 5.32. The summed E-state index contributed by atoms with van der Waals surface area (Å²) in [6.45, 7) is 1.87. The van der Waals surface area contributed by atoms with E-state index in [-0.39, 0.29) is 17.7 Å². The molecule has 0 bridgehead atoms. The van der Waals surface area contributed by atoms with Crippen molar-refractivity contribution in [2.45, 2.75) is 5.92 Å². The topological polar surface area (TPSA) is 73.4 Å². The Morgan fingerprint density at radius 2 is 2.32 bits per heavy atom. The first-order chi connectivity index (χ1) is 12.2. The Morgan fingerprint density at radius 1 is 1.44 bits per heavy atom. The molecule has 25 heavy (non-hydrogen) atoms. The lowest BCUT2D eigenvalue weighted by Gasteiger charge is -2.15. The average Bonchev–Trinajstić information content (AvgIpc) is 3.31. The number of aromatic nitrogens is 3. The summed E-state index contributed by atoms with van der Waals surface area (Å²) in [5.41, 5.74) is 2.45. The van der Waals surface area contributed by atoms with Gasteiger partial charge in [-0.25, -0.2) is 0 Å². The number of hydrogen-bond acceptors (Lipinski definition) is 5. The van der Waals surface area contributed by atoms with Crippen molar-refractivity contribution in [1.29, 1.82) is 0 Å². The van der Waals surface area contributed by atoms with Crippen LogP contribution >= 0.6 is 0 Å². The van der Waals surface area contributed by atoms with Crippen molar-refractivity contribution in [1.82, 2.24) is 19.7 Å². The molecule has 1 amide bonds. The molecular formula is C18H20N4O3. The molecule has 7 heteroatoms. The Labute approximate surface area is 145 Å². The van der Waals surface area contributed by atoms with E-state index in [4.69, 9.17) is 9.15 Å². The molecule has 3 aromatic rings. The van der Waals surface area contributed by atoms with Crippen molar-refractivity contribution in [2.75, 3.05) is 26.8 Å². The van der Waals surface area contributed by atoms with Gasteiger partial charge in [-0.2, -0.15) is 5.10 Å². The first-order valence-electron chi connectivity index (χ1n) is 8.27. The molecule has 0 aliphatic carbocycles. The summed E-state index contributed by atoms with van der Waals surface area (Å²) in [7, 11) is 3.59. The van der Waals surface area contributed by atoms with Crippen LogP contribution in [0.5, 0.6) is 0 Å². The molecule has 4 heterocycles. The average molecular weight is 340 g/mol. The highest BCUT2D eigenvalue weighted by molar-refractivity contribution is 5.95. The van der Waals surface area contributed by atoms with Crippen molar-refractivity contribution in [2.24, 2.45) is 13.0 Å². The highest BCUT2D eigenvalue weighted by Gasteiger charge is 2.38. The van der Waals surface area contributed by atoms with Gasteiger partial charge in [-0.05, 0) is 17.7 Å². The predicted molar refractivity (Wildman–Crippen MR) is 91.2 cm³/mol. The maximum atomic E-state index is 12.9. The van der Waals surface area contributed by atoms with Gasteiger partial charge in [0, 0.05) is 57.5 Å². The molecule has 0 N–H and O–H groups in total. The minimum Gasteiger partial charge on any atom is -0.449 e. The molecule has 0 radical (unpaired) electrons. The molecule has 4 rings (SSSR count). The van der Waals surface area contributed by atoms with E-state index in [0.717, 1.165) is 5.56 Å². The summed E-state index contributed by atoms with van der Waals surface area (Å²) in [5, 5.41) is 4.26. The van der Waals surface area contributed by atoms with Crippen LogP contribution in [0.3, 0.4) is 0 Å². The van der Waals surface area contributed by atoms with Gasteiger partial charge >= 0.3 is 0 Å². The summed E-state index contributed by atoms with van der Waals surface area (Å²) >= 11 is 0. The van der Waals surface area contributed by atoms with Gasteiger partial charge in [0.2, 0.25) is 0 Å². The Kier molecular flexibility index (Phi) is 4.01. The molecule has 2 atom stereocenters. The number of furan rings is 1. The number of amides is 1. The first-order valence-corrected chi connectivity index (χ1v) is 8.27. The van der Waals surface area contributed by atoms with Crippen molar-refractivity contribution in [3.8, 4) is 0 Å². The van der Waals surface area contributed by atoms with Gasteiger partial charge in [0.05, 0.1) is 12.8 Å². The molecule has 0 saturated carbocycles. The van der Waals surface area contributed by atoms with Gasteiger partial charge in [0.15, 0.2) is 11.3 Å². The molecule has 0 unspecified atom stereocenters. The SMILES string of the molecule is COC[C@@H]1CN(C(=O)c2cc3ncccc3o2)C[C@H]1c1cnn(C)c1. The molecule has 1 aliphatic heterocycles. The summed E-state index contributed by atoms with van der Waals surface area (Å²) in [4.78, 5) is 18.9. The summed E-state index contributed by atoms with van der Waals surface area (Å²) in [5.74, 6) is 0.669. The van der Waals surface area contributed by atoms with E-state index in [9.17, 15) is 4.79 Å². The second-order valence-corrected chi connectivity index (χ2v) is 6.48. The fourth-order valence-electron chi connectivity index (χ4n) is 3.56. The maximum absolute atomic E-state index is 12.9. The fraction of sp³-hybridized carbons (Fsp3) is 0.389. The Balaban J connectivity index is 1.58. The summed E-state index contributed by atoms with van der Waals surface area (Å²) in [6.07, 6.45) is 5.56. The molecule has 1 fully saturated rings. The minimum atomic E-state index is -0.106. The zero-order valence-corrected chi connectivity index (χ0v) is 14.3. The highest BCUT2D eigenvalue weighted by Crippen LogP contribution is 2.34. The van der Waals surface area contributed by atoms with Crippen LogP contribution in [0.15, 0.2) is 41.2 Å². The van der Waals surface area contributed by atoms with Gasteiger partial charge in [0.25, 0.3) is 5.91 Å². The van der Waals surface area contributed by atoms with Gasteiger partial charge in [-0.1, -0.05) is 0 Å². The predicted octanol–water partition coefficient (Wildman–Crippen LogP) is 2.06. The molecule has 130 valence electrons. The standard InChI is InChI=1S/C18H20N4O3/c1-21-8-12(7-20-21)14-10-22(9-13(14)11-24-2)18(23)17-6-15-16(25-17)4-3-5-19-15/h3-8,13-14H,9-11H2,1-2H3/t13-,14-/m0/s1. The van der Waals surface area contributed by atoms with Crippen molar-refractivity contribution in [3.05, 3.63) is 48.1 Å². The smallest absolute Gasteiger partial charge is 0.289 e. The van der Waals surface area contributed by atoms with Crippen LogP contribution in [-0.2, 0) is 11.8 Å². The number of carbonyl (C=O) groups is 1. The molecule has 1 aliphatic rings. The first kappa shape index (κ1) is 15.8. The molecule has 1 saturated heterocycles. The van der Waals surface area contributed by atoms with Crippen LogP contribution in [0, 0.1) is 5.92 Å². The number of carbonyl (C=O) groups excluding carboxylic acids is 1. The van der Waals surface area contributed by atoms with Crippen molar-refractivity contribution >= 4 is 17.0 Å². The van der Waals surface area contributed by atoms with E-state index in [1.165, 1.54) is 0 Å². The van der Waals surface area contributed by atoms with Gasteiger partial charge in [-0.15, -0.1) is 0 Å². The highest BCUT2D eigenvalue weighted by atomic mass is 16.5. The second-order valence-electron chi connectivity index (χ2n) is 6.48. The number of aryl methyl sites for hydroxylation is 1. The van der Waals surface area contributed by atoms with E-state index in [1.807, 2.05) is 30.4 Å². The Hall–Kier alpha value is -2.67. The van der Waals surface area contributed by atoms with Crippen molar-refractivity contribution in [3.63, 3.8) is 0 Å².